The van der Waals surface area contributed by atoms with E-state index in [0.717, 1.165) is 18.4 Å². The molecule has 1 amide bonds. The second-order valence-corrected chi connectivity index (χ2v) is 5.72. The Balaban J connectivity index is 2.36. The lowest BCUT2D eigenvalue weighted by molar-refractivity contribution is 0.0526. The van der Waals surface area contributed by atoms with Gasteiger partial charge in [0, 0.05) is 6.54 Å². The Labute approximate surface area is 125 Å². The first kappa shape index (κ1) is 17.0. The van der Waals surface area contributed by atoms with Crippen LogP contribution in [0, 0.1) is 0 Å². The molecule has 0 heterocycles. The molecule has 0 fully saturated rings. The molecule has 5 heteroatoms. The van der Waals surface area contributed by atoms with E-state index in [2.05, 4.69) is 10.1 Å². The summed E-state index contributed by atoms with van der Waals surface area (Å²) in [5.74, 6) is -0.344. The molecule has 0 aliphatic heterocycles. The van der Waals surface area contributed by atoms with Crippen molar-refractivity contribution in [2.24, 2.45) is 0 Å². The number of alkyl carbamates (subject to hydrolysis) is 1. The van der Waals surface area contributed by atoms with Crippen molar-refractivity contribution >= 4 is 12.1 Å². The summed E-state index contributed by atoms with van der Waals surface area (Å²) in [5.41, 5.74) is 1.08. The molecule has 1 aromatic carbocycles. The van der Waals surface area contributed by atoms with Crippen molar-refractivity contribution in [1.29, 1.82) is 0 Å². The van der Waals surface area contributed by atoms with E-state index in [0.29, 0.717) is 12.1 Å². The highest BCUT2D eigenvalue weighted by atomic mass is 16.6. The first-order chi connectivity index (χ1) is 9.81. The maximum atomic E-state index is 11.5. The van der Waals surface area contributed by atoms with Crippen molar-refractivity contribution in [1.82, 2.24) is 5.32 Å². The van der Waals surface area contributed by atoms with Crippen molar-refractivity contribution in [3.63, 3.8) is 0 Å². The Morgan fingerprint density at radius 3 is 2.57 bits per heavy atom. The van der Waals surface area contributed by atoms with Gasteiger partial charge in [0.1, 0.15) is 5.60 Å². The smallest absolute Gasteiger partial charge is 0.407 e. The Morgan fingerprint density at radius 1 is 1.24 bits per heavy atom. The molecule has 116 valence electrons. The van der Waals surface area contributed by atoms with Gasteiger partial charge in [-0.25, -0.2) is 9.59 Å². The number of esters is 1. The van der Waals surface area contributed by atoms with Gasteiger partial charge in [-0.05, 0) is 51.3 Å². The third-order valence-corrected chi connectivity index (χ3v) is 2.66. The molecule has 0 aromatic heterocycles. The van der Waals surface area contributed by atoms with Crippen molar-refractivity contribution < 1.29 is 19.1 Å². The Morgan fingerprint density at radius 2 is 1.95 bits per heavy atom. The molecule has 0 saturated heterocycles. The average Bonchev–Trinajstić information content (AvgIpc) is 2.41. The van der Waals surface area contributed by atoms with Gasteiger partial charge in [0.05, 0.1) is 12.7 Å². The lowest BCUT2D eigenvalue weighted by atomic mass is 10.1. The summed E-state index contributed by atoms with van der Waals surface area (Å²) in [7, 11) is 1.36. The topological polar surface area (TPSA) is 64.6 Å². The molecule has 0 radical (unpaired) electrons. The van der Waals surface area contributed by atoms with Gasteiger partial charge in [-0.3, -0.25) is 0 Å². The number of nitrogens with one attached hydrogen (secondary N) is 1. The number of rotatable bonds is 5. The van der Waals surface area contributed by atoms with Crippen LogP contribution in [0.4, 0.5) is 4.79 Å². The summed E-state index contributed by atoms with van der Waals surface area (Å²) in [6.45, 7) is 6.00. The standard InChI is InChI=1S/C16H23NO4/c1-16(2,3)21-15(19)17-10-6-8-12-7-5-9-13(11-12)14(18)20-4/h5,7,9,11H,6,8,10H2,1-4H3,(H,17,19). The number of methoxy groups -OCH3 is 1. The van der Waals surface area contributed by atoms with Crippen LogP contribution in [-0.4, -0.2) is 31.3 Å². The van der Waals surface area contributed by atoms with Crippen LogP contribution in [-0.2, 0) is 15.9 Å². The molecule has 0 saturated carbocycles. The van der Waals surface area contributed by atoms with E-state index in [9.17, 15) is 9.59 Å². The summed E-state index contributed by atoms with van der Waals surface area (Å²) in [4.78, 5) is 22.9. The Bertz CT molecular complexity index is 491. The number of benzene rings is 1. The van der Waals surface area contributed by atoms with Crippen LogP contribution in [0.3, 0.4) is 0 Å². The van der Waals surface area contributed by atoms with Gasteiger partial charge >= 0.3 is 12.1 Å². The lowest BCUT2D eigenvalue weighted by Gasteiger charge is -2.19. The molecule has 0 atom stereocenters. The number of ether oxygens (including phenoxy) is 2. The average molecular weight is 293 g/mol. The predicted molar refractivity (Wildman–Crippen MR) is 80.3 cm³/mol. The molecule has 0 aliphatic rings. The molecule has 0 spiro atoms. The zero-order valence-electron chi connectivity index (χ0n) is 13.1. The second kappa shape index (κ2) is 7.67. The van der Waals surface area contributed by atoms with E-state index in [1.165, 1.54) is 7.11 Å². The predicted octanol–water partition coefficient (Wildman–Crippen LogP) is 2.93. The fourth-order valence-corrected chi connectivity index (χ4v) is 1.77. The van der Waals surface area contributed by atoms with Crippen LogP contribution in [0.25, 0.3) is 0 Å². The largest absolute Gasteiger partial charge is 0.465 e. The highest BCUT2D eigenvalue weighted by molar-refractivity contribution is 5.89. The van der Waals surface area contributed by atoms with Gasteiger partial charge in [-0.1, -0.05) is 12.1 Å². The normalized spacial score (nSPS) is 10.9. The van der Waals surface area contributed by atoms with Gasteiger partial charge in [0.25, 0.3) is 0 Å². The summed E-state index contributed by atoms with van der Waals surface area (Å²) in [6, 6.07) is 7.29. The van der Waals surface area contributed by atoms with Crippen LogP contribution in [0.15, 0.2) is 24.3 Å². The number of carbonyl (C=O) groups is 2. The maximum Gasteiger partial charge on any atom is 0.407 e. The van der Waals surface area contributed by atoms with Gasteiger partial charge in [0.2, 0.25) is 0 Å². The molecule has 0 aliphatic carbocycles. The SMILES string of the molecule is COC(=O)c1cccc(CCCNC(=O)OC(C)(C)C)c1. The van der Waals surface area contributed by atoms with E-state index < -0.39 is 11.7 Å². The molecule has 1 rings (SSSR count). The van der Waals surface area contributed by atoms with Crippen LogP contribution in [0.1, 0.15) is 43.1 Å². The van der Waals surface area contributed by atoms with Crippen molar-refractivity contribution in [2.45, 2.75) is 39.2 Å². The van der Waals surface area contributed by atoms with Gasteiger partial charge in [-0.2, -0.15) is 0 Å². The van der Waals surface area contributed by atoms with Crippen LogP contribution in [0.2, 0.25) is 0 Å². The van der Waals surface area contributed by atoms with Gasteiger partial charge in [-0.15, -0.1) is 0 Å². The van der Waals surface area contributed by atoms with E-state index in [1.54, 1.807) is 12.1 Å². The number of carbonyl (C=O) groups excluding carboxylic acids is 2. The van der Waals surface area contributed by atoms with Crippen molar-refractivity contribution in [2.75, 3.05) is 13.7 Å². The molecule has 0 bridgehead atoms. The maximum absolute atomic E-state index is 11.5. The summed E-state index contributed by atoms with van der Waals surface area (Å²) in [6.07, 6.45) is 1.12. The fraction of sp³-hybridized carbons (Fsp3) is 0.500. The first-order valence-electron chi connectivity index (χ1n) is 6.96. The van der Waals surface area contributed by atoms with Gasteiger partial charge in [0.15, 0.2) is 0 Å². The molecule has 0 unspecified atom stereocenters. The molecule has 5 nitrogen and oxygen atoms in total. The lowest BCUT2D eigenvalue weighted by Crippen LogP contribution is -2.33. The third-order valence-electron chi connectivity index (χ3n) is 2.66. The molecule has 1 aromatic rings. The zero-order valence-corrected chi connectivity index (χ0v) is 13.1. The van der Waals surface area contributed by atoms with Crippen LogP contribution >= 0.6 is 0 Å². The quantitative estimate of drug-likeness (QED) is 0.669. The van der Waals surface area contributed by atoms with Crippen LogP contribution < -0.4 is 5.32 Å². The minimum atomic E-state index is -0.487. The number of aryl methyl sites for hydroxylation is 1. The van der Waals surface area contributed by atoms with E-state index >= 15 is 0 Å². The highest BCUT2D eigenvalue weighted by Crippen LogP contribution is 2.09. The molecular weight excluding hydrogens is 270 g/mol. The summed E-state index contributed by atoms with van der Waals surface area (Å²) in [5, 5.41) is 2.71. The van der Waals surface area contributed by atoms with Crippen molar-refractivity contribution in [3.05, 3.63) is 35.4 Å². The summed E-state index contributed by atoms with van der Waals surface area (Å²) < 4.78 is 9.83. The van der Waals surface area contributed by atoms with Crippen LogP contribution in [0.5, 0.6) is 0 Å². The second-order valence-electron chi connectivity index (χ2n) is 5.72. The zero-order chi connectivity index (χ0) is 15.9. The van der Waals surface area contributed by atoms with Gasteiger partial charge < -0.3 is 14.8 Å². The minimum Gasteiger partial charge on any atom is -0.465 e. The monoisotopic (exact) mass is 293 g/mol. The fourth-order valence-electron chi connectivity index (χ4n) is 1.77. The molecule has 21 heavy (non-hydrogen) atoms. The van der Waals surface area contributed by atoms with E-state index in [4.69, 9.17) is 4.74 Å². The minimum absolute atomic E-state index is 0.344. The first-order valence-corrected chi connectivity index (χ1v) is 6.96. The summed E-state index contributed by atoms with van der Waals surface area (Å²) >= 11 is 0. The number of hydrogen-bond donors (Lipinski definition) is 1. The molecule has 1 N–H and O–H groups in total. The van der Waals surface area contributed by atoms with E-state index in [1.807, 2.05) is 32.9 Å². The number of hydrogen-bond acceptors (Lipinski definition) is 4. The van der Waals surface area contributed by atoms with Crippen molar-refractivity contribution in [3.8, 4) is 0 Å². The molecular formula is C16H23NO4. The highest BCUT2D eigenvalue weighted by Gasteiger charge is 2.15. The third kappa shape index (κ3) is 6.79. The Kier molecular flexibility index (Phi) is 6.21. The number of amides is 1. The Hall–Kier alpha value is -2.04. The van der Waals surface area contributed by atoms with E-state index in [-0.39, 0.29) is 5.97 Å².